The summed E-state index contributed by atoms with van der Waals surface area (Å²) in [6.07, 6.45) is 3.42. The van der Waals surface area contributed by atoms with E-state index in [2.05, 4.69) is 24.1 Å². The minimum atomic E-state index is 0.0837. The van der Waals surface area contributed by atoms with Gasteiger partial charge in [-0.2, -0.15) is 0 Å². The largest absolute Gasteiger partial charge is 0.356 e. The third-order valence-corrected chi connectivity index (χ3v) is 4.78. The van der Waals surface area contributed by atoms with Crippen molar-refractivity contribution in [1.82, 2.24) is 15.2 Å². The fraction of sp³-hybridized carbons (Fsp3) is 0.684. The van der Waals surface area contributed by atoms with Crippen molar-refractivity contribution in [2.75, 3.05) is 19.6 Å². The van der Waals surface area contributed by atoms with Gasteiger partial charge in [0.25, 0.3) is 5.91 Å². The molecule has 0 aromatic carbocycles. The van der Waals surface area contributed by atoms with Gasteiger partial charge in [0.2, 0.25) is 5.91 Å². The minimum Gasteiger partial charge on any atom is -0.356 e. The molecule has 2 amide bonds. The van der Waals surface area contributed by atoms with Gasteiger partial charge < -0.3 is 15.2 Å². The molecule has 134 valence electrons. The molecule has 5 heteroatoms. The highest BCUT2D eigenvalue weighted by Gasteiger charge is 2.26. The van der Waals surface area contributed by atoms with Crippen LogP contribution in [-0.2, 0) is 4.79 Å². The van der Waals surface area contributed by atoms with E-state index in [0.29, 0.717) is 24.0 Å². The van der Waals surface area contributed by atoms with Gasteiger partial charge in [-0.3, -0.25) is 9.59 Å². The van der Waals surface area contributed by atoms with Crippen molar-refractivity contribution >= 4 is 11.8 Å². The Morgan fingerprint density at radius 2 is 1.96 bits per heavy atom. The predicted octanol–water partition coefficient (Wildman–Crippen LogP) is 3.04. The summed E-state index contributed by atoms with van der Waals surface area (Å²) in [6.45, 7) is 10.5. The van der Waals surface area contributed by atoms with E-state index >= 15 is 0 Å². The number of hydrogen-bond acceptors (Lipinski definition) is 2. The molecule has 1 fully saturated rings. The number of carbonyl (C=O) groups is 2. The van der Waals surface area contributed by atoms with Gasteiger partial charge in [-0.15, -0.1) is 0 Å². The van der Waals surface area contributed by atoms with Crippen LogP contribution in [0.3, 0.4) is 0 Å². The average molecular weight is 333 g/mol. The molecule has 1 aliphatic heterocycles. The number of piperidine rings is 1. The molecular weight excluding hydrogens is 302 g/mol. The first-order chi connectivity index (χ1) is 11.4. The number of likely N-dealkylation sites (tertiary alicyclic amines) is 1. The summed E-state index contributed by atoms with van der Waals surface area (Å²) in [4.78, 5) is 29.6. The zero-order chi connectivity index (χ0) is 17.7. The molecule has 5 nitrogen and oxygen atoms in total. The fourth-order valence-electron chi connectivity index (χ4n) is 3.28. The topological polar surface area (TPSA) is 65.2 Å². The van der Waals surface area contributed by atoms with E-state index in [-0.39, 0.29) is 11.8 Å². The van der Waals surface area contributed by atoms with Gasteiger partial charge in [0.15, 0.2) is 0 Å². The maximum atomic E-state index is 12.6. The first-order valence-corrected chi connectivity index (χ1v) is 9.09. The number of aromatic amines is 1. The summed E-state index contributed by atoms with van der Waals surface area (Å²) >= 11 is 0. The maximum absolute atomic E-state index is 12.6. The zero-order valence-corrected chi connectivity index (χ0v) is 15.4. The number of nitrogens with zero attached hydrogens (tertiary/aromatic N) is 1. The van der Waals surface area contributed by atoms with Crippen molar-refractivity contribution in [3.63, 3.8) is 0 Å². The number of hydrogen-bond donors (Lipinski definition) is 2. The standard InChI is InChI=1S/C19H31N3O2/c1-13(2)5-8-20-17(23)12-16-6-9-22(10-7-16)19(24)18-14(3)11-15(4)21-18/h11,13,16,21H,5-10,12H2,1-4H3,(H,20,23). The van der Waals surface area contributed by atoms with E-state index in [1.807, 2.05) is 24.8 Å². The Morgan fingerprint density at radius 1 is 1.29 bits per heavy atom. The highest BCUT2D eigenvalue weighted by molar-refractivity contribution is 5.94. The number of amides is 2. The number of carbonyl (C=O) groups excluding carboxylic acids is 2. The normalized spacial score (nSPS) is 15.8. The van der Waals surface area contributed by atoms with Crippen molar-refractivity contribution < 1.29 is 9.59 Å². The Morgan fingerprint density at radius 3 is 2.50 bits per heavy atom. The first-order valence-electron chi connectivity index (χ1n) is 9.09. The van der Waals surface area contributed by atoms with Gasteiger partial charge in [0.1, 0.15) is 5.69 Å². The van der Waals surface area contributed by atoms with Gasteiger partial charge in [0, 0.05) is 31.7 Å². The molecule has 0 atom stereocenters. The Labute approximate surface area is 145 Å². The molecule has 24 heavy (non-hydrogen) atoms. The van der Waals surface area contributed by atoms with Crippen LogP contribution in [0.5, 0.6) is 0 Å². The van der Waals surface area contributed by atoms with Crippen LogP contribution in [-0.4, -0.2) is 41.3 Å². The van der Waals surface area contributed by atoms with E-state index in [1.165, 1.54) is 0 Å². The number of rotatable bonds is 6. The zero-order valence-electron chi connectivity index (χ0n) is 15.4. The van der Waals surface area contributed by atoms with Crippen LogP contribution in [0.15, 0.2) is 6.07 Å². The third-order valence-electron chi connectivity index (χ3n) is 4.78. The monoisotopic (exact) mass is 333 g/mol. The van der Waals surface area contributed by atoms with Crippen LogP contribution in [0.1, 0.15) is 61.3 Å². The second-order valence-electron chi connectivity index (χ2n) is 7.48. The Bertz CT molecular complexity index is 569. The van der Waals surface area contributed by atoms with Crippen molar-refractivity contribution in [3.05, 3.63) is 23.0 Å². The average Bonchev–Trinajstić information content (AvgIpc) is 2.85. The van der Waals surface area contributed by atoms with Gasteiger partial charge in [-0.25, -0.2) is 0 Å². The van der Waals surface area contributed by atoms with Gasteiger partial charge >= 0.3 is 0 Å². The Hall–Kier alpha value is -1.78. The van der Waals surface area contributed by atoms with Gasteiger partial charge in [0.05, 0.1) is 0 Å². The molecular formula is C19H31N3O2. The van der Waals surface area contributed by atoms with E-state index in [1.54, 1.807) is 0 Å². The fourth-order valence-corrected chi connectivity index (χ4v) is 3.28. The van der Waals surface area contributed by atoms with Crippen LogP contribution in [0.4, 0.5) is 0 Å². The second kappa shape index (κ2) is 8.36. The summed E-state index contributed by atoms with van der Waals surface area (Å²) in [5.41, 5.74) is 2.73. The highest BCUT2D eigenvalue weighted by atomic mass is 16.2. The van der Waals surface area contributed by atoms with Crippen LogP contribution in [0, 0.1) is 25.7 Å². The summed E-state index contributed by atoms with van der Waals surface area (Å²) in [5.74, 6) is 1.23. The SMILES string of the molecule is Cc1cc(C)c(C(=O)N2CCC(CC(=O)NCCC(C)C)CC2)[nH]1. The molecule has 2 rings (SSSR count). The summed E-state index contributed by atoms with van der Waals surface area (Å²) in [7, 11) is 0. The third kappa shape index (κ3) is 5.11. The van der Waals surface area contributed by atoms with Crippen LogP contribution >= 0.6 is 0 Å². The molecule has 0 spiro atoms. The van der Waals surface area contributed by atoms with E-state index in [9.17, 15) is 9.59 Å². The lowest BCUT2D eigenvalue weighted by Gasteiger charge is -2.31. The quantitative estimate of drug-likeness (QED) is 0.840. The molecule has 1 aliphatic rings. The van der Waals surface area contributed by atoms with E-state index in [4.69, 9.17) is 0 Å². The first kappa shape index (κ1) is 18.6. The number of aromatic nitrogens is 1. The van der Waals surface area contributed by atoms with Crippen molar-refractivity contribution in [2.24, 2.45) is 11.8 Å². The lowest BCUT2D eigenvalue weighted by atomic mass is 9.93. The Kier molecular flexibility index (Phi) is 6.46. The van der Waals surface area contributed by atoms with Crippen LogP contribution in [0.2, 0.25) is 0 Å². The smallest absolute Gasteiger partial charge is 0.270 e. The molecule has 0 unspecified atom stereocenters. The second-order valence-corrected chi connectivity index (χ2v) is 7.48. The summed E-state index contributed by atoms with van der Waals surface area (Å²) in [6, 6.07) is 2.00. The maximum Gasteiger partial charge on any atom is 0.270 e. The molecule has 2 heterocycles. The number of aryl methyl sites for hydroxylation is 2. The van der Waals surface area contributed by atoms with E-state index < -0.39 is 0 Å². The van der Waals surface area contributed by atoms with Crippen molar-refractivity contribution in [2.45, 2.75) is 53.4 Å². The minimum absolute atomic E-state index is 0.0837. The molecule has 0 saturated carbocycles. The van der Waals surface area contributed by atoms with Crippen LogP contribution < -0.4 is 5.32 Å². The summed E-state index contributed by atoms with van der Waals surface area (Å²) in [5, 5.41) is 3.01. The van der Waals surface area contributed by atoms with Crippen LogP contribution in [0.25, 0.3) is 0 Å². The number of nitrogens with one attached hydrogen (secondary N) is 2. The van der Waals surface area contributed by atoms with Gasteiger partial charge in [-0.05, 0) is 56.6 Å². The lowest BCUT2D eigenvalue weighted by Crippen LogP contribution is -2.40. The highest BCUT2D eigenvalue weighted by Crippen LogP contribution is 2.22. The molecule has 1 aromatic heterocycles. The summed E-state index contributed by atoms with van der Waals surface area (Å²) < 4.78 is 0. The number of H-pyrrole nitrogens is 1. The van der Waals surface area contributed by atoms with Crippen molar-refractivity contribution in [3.8, 4) is 0 Å². The predicted molar refractivity (Wildman–Crippen MR) is 96.0 cm³/mol. The molecule has 0 aliphatic carbocycles. The molecule has 0 radical (unpaired) electrons. The molecule has 1 saturated heterocycles. The lowest BCUT2D eigenvalue weighted by molar-refractivity contribution is -0.122. The van der Waals surface area contributed by atoms with E-state index in [0.717, 1.165) is 50.2 Å². The molecule has 2 N–H and O–H groups in total. The van der Waals surface area contributed by atoms with Crippen molar-refractivity contribution in [1.29, 1.82) is 0 Å². The Balaban J connectivity index is 1.76. The van der Waals surface area contributed by atoms with Gasteiger partial charge in [-0.1, -0.05) is 13.8 Å². The molecule has 1 aromatic rings. The molecule has 0 bridgehead atoms.